The molecule has 0 bridgehead atoms. The van der Waals surface area contributed by atoms with Crippen molar-refractivity contribution < 1.29 is 24.6 Å². The van der Waals surface area contributed by atoms with Crippen LogP contribution in [0.2, 0.25) is 0 Å². The van der Waals surface area contributed by atoms with E-state index in [9.17, 15) is 0 Å². The molecule has 0 amide bonds. The molecule has 0 saturated carbocycles. The minimum absolute atomic E-state index is 0.892. The molecule has 0 aliphatic heterocycles. The molecular weight excluding hydrogens is 481 g/mol. The molecular formula is C14H10HgN8. The Hall–Kier alpha value is -2.48. The summed E-state index contributed by atoms with van der Waals surface area (Å²) in [6, 6.07) is 19.7. The molecule has 0 spiro atoms. The van der Waals surface area contributed by atoms with E-state index in [2.05, 4.69) is 31.1 Å². The average molecular weight is 491 g/mol. The number of tetrazole rings is 2. The molecule has 2 heterocycles. The predicted octanol–water partition coefficient (Wildman–Crippen LogP) is -0.329. The maximum absolute atomic E-state index is 4.19. The van der Waals surface area contributed by atoms with Gasteiger partial charge in [-0.2, -0.15) is 0 Å². The van der Waals surface area contributed by atoms with Crippen molar-refractivity contribution in [3.63, 3.8) is 0 Å². The quantitative estimate of drug-likeness (QED) is 0.364. The SMILES string of the molecule is c1ccc(-n2nnn[c]2[Hg][c]2nnnn2-c2ccccc2)cc1. The van der Waals surface area contributed by atoms with E-state index >= 15 is 0 Å². The summed E-state index contributed by atoms with van der Waals surface area (Å²) in [5.41, 5.74) is 1.90. The molecule has 8 nitrogen and oxygen atoms in total. The van der Waals surface area contributed by atoms with Crippen LogP contribution in [0, 0.1) is 0 Å². The van der Waals surface area contributed by atoms with E-state index in [4.69, 9.17) is 0 Å². The van der Waals surface area contributed by atoms with Crippen molar-refractivity contribution in [1.29, 1.82) is 0 Å². The zero-order chi connectivity index (χ0) is 15.5. The fraction of sp³-hybridized carbons (Fsp3) is 0. The first-order valence-electron chi connectivity index (χ1n) is 7.07. The van der Waals surface area contributed by atoms with E-state index in [1.165, 1.54) is 0 Å². The predicted molar refractivity (Wildman–Crippen MR) is 77.6 cm³/mol. The fourth-order valence-corrected chi connectivity index (χ4v) is 7.53. The van der Waals surface area contributed by atoms with Gasteiger partial charge in [0, 0.05) is 0 Å². The second-order valence-corrected chi connectivity index (χ2v) is 11.2. The van der Waals surface area contributed by atoms with Crippen LogP contribution in [-0.2, 0) is 24.6 Å². The van der Waals surface area contributed by atoms with E-state index in [1.54, 1.807) is 9.36 Å². The molecule has 0 N–H and O–H groups in total. The van der Waals surface area contributed by atoms with Crippen LogP contribution in [0.25, 0.3) is 11.4 Å². The molecule has 0 atom stereocenters. The molecule has 9 heteroatoms. The van der Waals surface area contributed by atoms with Gasteiger partial charge in [0.1, 0.15) is 0 Å². The Morgan fingerprint density at radius 2 is 1.04 bits per heavy atom. The van der Waals surface area contributed by atoms with Crippen molar-refractivity contribution in [2.45, 2.75) is 0 Å². The number of para-hydroxylation sites is 2. The summed E-state index contributed by atoms with van der Waals surface area (Å²) in [6.45, 7) is 0. The van der Waals surface area contributed by atoms with Gasteiger partial charge in [0.2, 0.25) is 0 Å². The number of rotatable bonds is 4. The summed E-state index contributed by atoms with van der Waals surface area (Å²) < 4.78 is 5.35. The molecule has 0 saturated heterocycles. The van der Waals surface area contributed by atoms with Crippen LogP contribution in [0.4, 0.5) is 0 Å². The Morgan fingerprint density at radius 1 is 0.609 bits per heavy atom. The number of nitrogens with zero attached hydrogens (tertiary/aromatic N) is 8. The van der Waals surface area contributed by atoms with Crippen LogP contribution >= 0.6 is 0 Å². The standard InChI is InChI=1S/2C7H5N4.Hg/c2*1-2-4-7(5-3-1)11-6-8-9-10-11;/h2*1-5H;. The molecule has 2 aromatic heterocycles. The Balaban J connectivity index is 1.69. The van der Waals surface area contributed by atoms with Gasteiger partial charge in [-0.15, -0.1) is 0 Å². The number of benzene rings is 2. The first-order chi connectivity index (χ1) is 11.4. The minimum atomic E-state index is -1.92. The van der Waals surface area contributed by atoms with Gasteiger partial charge >= 0.3 is 144 Å². The zero-order valence-electron chi connectivity index (χ0n) is 12.1. The van der Waals surface area contributed by atoms with E-state index in [1.807, 2.05) is 60.7 Å². The van der Waals surface area contributed by atoms with Gasteiger partial charge in [0.15, 0.2) is 0 Å². The summed E-state index contributed by atoms with van der Waals surface area (Å²) >= 11 is -1.92. The normalized spacial score (nSPS) is 10.4. The second kappa shape index (κ2) is 6.33. The number of hydrogen-bond acceptors (Lipinski definition) is 6. The molecule has 4 rings (SSSR count). The molecule has 108 valence electrons. The first kappa shape index (κ1) is 14.1. The van der Waals surface area contributed by atoms with Gasteiger partial charge < -0.3 is 0 Å². The summed E-state index contributed by atoms with van der Waals surface area (Å²) in [7, 11) is 0. The summed E-state index contributed by atoms with van der Waals surface area (Å²) in [6.07, 6.45) is 0. The van der Waals surface area contributed by atoms with E-state index in [-0.39, 0.29) is 0 Å². The Labute approximate surface area is 143 Å². The van der Waals surface area contributed by atoms with Gasteiger partial charge in [-0.25, -0.2) is 0 Å². The van der Waals surface area contributed by atoms with Gasteiger partial charge in [0.05, 0.1) is 0 Å². The molecule has 0 aliphatic rings. The van der Waals surface area contributed by atoms with Crippen LogP contribution < -0.4 is 6.67 Å². The topological polar surface area (TPSA) is 87.2 Å². The Morgan fingerprint density at radius 3 is 1.48 bits per heavy atom. The summed E-state index contributed by atoms with van der Waals surface area (Å²) in [5.74, 6) is 0. The van der Waals surface area contributed by atoms with E-state index < -0.39 is 24.6 Å². The third-order valence-electron chi connectivity index (χ3n) is 3.39. The van der Waals surface area contributed by atoms with Crippen LogP contribution in [-0.4, -0.2) is 40.4 Å². The average Bonchev–Trinajstić information content (AvgIpc) is 3.26. The summed E-state index contributed by atoms with van der Waals surface area (Å²) in [5, 5.41) is 24.2. The summed E-state index contributed by atoms with van der Waals surface area (Å²) in [4.78, 5) is 0. The number of hydrogen-bond donors (Lipinski definition) is 0. The monoisotopic (exact) mass is 492 g/mol. The van der Waals surface area contributed by atoms with Crippen LogP contribution in [0.1, 0.15) is 0 Å². The van der Waals surface area contributed by atoms with Crippen molar-refractivity contribution in [3.05, 3.63) is 60.7 Å². The van der Waals surface area contributed by atoms with Gasteiger partial charge in [-0.1, -0.05) is 0 Å². The van der Waals surface area contributed by atoms with Gasteiger partial charge in [-0.05, 0) is 0 Å². The molecule has 0 radical (unpaired) electrons. The third kappa shape index (κ3) is 2.89. The van der Waals surface area contributed by atoms with Crippen LogP contribution in [0.5, 0.6) is 0 Å². The van der Waals surface area contributed by atoms with Crippen molar-refractivity contribution in [2.24, 2.45) is 0 Å². The van der Waals surface area contributed by atoms with Gasteiger partial charge in [-0.3, -0.25) is 0 Å². The maximum atomic E-state index is 4.19. The first-order valence-corrected chi connectivity index (χ1v) is 12.6. The van der Waals surface area contributed by atoms with Gasteiger partial charge in [0.25, 0.3) is 0 Å². The molecule has 4 aromatic rings. The van der Waals surface area contributed by atoms with Crippen LogP contribution in [0.15, 0.2) is 60.7 Å². The van der Waals surface area contributed by atoms with Crippen molar-refractivity contribution in [2.75, 3.05) is 0 Å². The molecule has 2 aromatic carbocycles. The molecule has 0 unspecified atom stereocenters. The molecule has 0 fully saturated rings. The van der Waals surface area contributed by atoms with Crippen molar-refractivity contribution in [3.8, 4) is 11.4 Å². The fourth-order valence-electron chi connectivity index (χ4n) is 2.31. The zero-order valence-corrected chi connectivity index (χ0v) is 17.6. The number of aromatic nitrogens is 8. The third-order valence-corrected chi connectivity index (χ3v) is 9.27. The molecule has 0 aliphatic carbocycles. The Bertz CT molecular complexity index is 827. The van der Waals surface area contributed by atoms with E-state index in [0.717, 1.165) is 18.0 Å². The second-order valence-electron chi connectivity index (χ2n) is 4.86. The molecule has 23 heavy (non-hydrogen) atoms. The van der Waals surface area contributed by atoms with Crippen LogP contribution in [0.3, 0.4) is 0 Å². The van der Waals surface area contributed by atoms with E-state index in [0.29, 0.717) is 0 Å². The Kier molecular flexibility index (Phi) is 3.89. The van der Waals surface area contributed by atoms with Crippen molar-refractivity contribution >= 4 is 6.67 Å². The van der Waals surface area contributed by atoms with Crippen molar-refractivity contribution in [1.82, 2.24) is 40.4 Å².